The van der Waals surface area contributed by atoms with Crippen LogP contribution in [0, 0.1) is 5.92 Å². The van der Waals surface area contributed by atoms with Gasteiger partial charge in [0.1, 0.15) is 6.04 Å². The van der Waals surface area contributed by atoms with Crippen LogP contribution in [0.5, 0.6) is 0 Å². The Morgan fingerprint density at radius 3 is 2.63 bits per heavy atom. The summed E-state index contributed by atoms with van der Waals surface area (Å²) in [6.45, 7) is 1.84. The van der Waals surface area contributed by atoms with E-state index >= 15 is 0 Å². The van der Waals surface area contributed by atoms with Crippen LogP contribution in [0.25, 0.3) is 0 Å². The minimum atomic E-state index is -1.05. The third kappa shape index (κ3) is 9.25. The maximum Gasteiger partial charge on any atom is 0.304 e. The van der Waals surface area contributed by atoms with Gasteiger partial charge in [-0.3, -0.25) is 14.4 Å². The first-order valence-electron chi connectivity index (χ1n) is 11.9. The number of carbonyl (C=O) groups excluding carboxylic acids is 2. The fraction of sp³-hybridized carbons (Fsp3) is 0.370. The predicted octanol–water partition coefficient (Wildman–Crippen LogP) is 2.51. The van der Waals surface area contributed by atoms with Gasteiger partial charge in [0.25, 0.3) is 0 Å². The van der Waals surface area contributed by atoms with E-state index in [2.05, 4.69) is 10.6 Å². The summed E-state index contributed by atoms with van der Waals surface area (Å²) in [7, 11) is 0. The van der Waals surface area contributed by atoms with Crippen molar-refractivity contribution < 1.29 is 24.2 Å². The maximum absolute atomic E-state index is 13.2. The number of hydrogen-bond acceptors (Lipinski definition) is 4. The van der Waals surface area contributed by atoms with Crippen LogP contribution in [0.4, 0.5) is 0 Å². The highest BCUT2D eigenvalue weighted by Crippen LogP contribution is 2.15. The van der Waals surface area contributed by atoms with Gasteiger partial charge in [-0.2, -0.15) is 0 Å². The number of nitrogens with one attached hydrogen (secondary N) is 2. The number of aliphatic carboxylic acids is 1. The first-order chi connectivity index (χ1) is 17.0. The second-order valence-corrected chi connectivity index (χ2v) is 8.52. The van der Waals surface area contributed by atoms with Crippen molar-refractivity contribution in [3.63, 3.8) is 0 Å². The average molecular weight is 480 g/mol. The molecule has 1 aliphatic rings. The van der Waals surface area contributed by atoms with E-state index in [0.717, 1.165) is 11.1 Å². The largest absolute Gasteiger partial charge is 0.481 e. The van der Waals surface area contributed by atoms with Crippen LogP contribution < -0.4 is 10.6 Å². The third-order valence-corrected chi connectivity index (χ3v) is 5.78. The molecule has 2 heterocycles. The van der Waals surface area contributed by atoms with Crippen molar-refractivity contribution in [2.45, 2.75) is 38.3 Å². The number of fused-ring (bicyclic) bond motifs is 2. The van der Waals surface area contributed by atoms with Crippen LogP contribution in [-0.2, 0) is 38.5 Å². The summed E-state index contributed by atoms with van der Waals surface area (Å²) < 4.78 is 7.60. The number of carbonyl (C=O) groups is 3. The van der Waals surface area contributed by atoms with Crippen LogP contribution in [0.1, 0.15) is 24.0 Å². The van der Waals surface area contributed by atoms with E-state index < -0.39 is 23.8 Å². The molecular formula is C27H33N3O5. The van der Waals surface area contributed by atoms with Crippen LogP contribution in [0.3, 0.4) is 0 Å². The fourth-order valence-corrected chi connectivity index (χ4v) is 3.92. The molecule has 1 aromatic carbocycles. The molecule has 0 aliphatic carbocycles. The van der Waals surface area contributed by atoms with Gasteiger partial charge in [0, 0.05) is 37.8 Å². The lowest BCUT2D eigenvalue weighted by atomic mass is 9.94. The summed E-state index contributed by atoms with van der Waals surface area (Å²) in [6, 6.07) is 18.3. The van der Waals surface area contributed by atoms with E-state index in [1.165, 1.54) is 0 Å². The number of nitrogens with zero attached hydrogens (tertiary/aromatic N) is 1. The summed E-state index contributed by atoms with van der Waals surface area (Å²) in [5.74, 6) is -2.56. The second-order valence-electron chi connectivity index (χ2n) is 8.52. The third-order valence-electron chi connectivity index (χ3n) is 5.78. The highest BCUT2D eigenvalue weighted by atomic mass is 16.5. The predicted molar refractivity (Wildman–Crippen MR) is 132 cm³/mol. The molecule has 0 fully saturated rings. The average Bonchev–Trinajstić information content (AvgIpc) is 2.95. The van der Waals surface area contributed by atoms with Crippen molar-refractivity contribution >= 4 is 17.8 Å². The number of carboxylic acid groups (broad SMARTS) is 1. The molecule has 2 atom stereocenters. The first kappa shape index (κ1) is 26.0. The highest BCUT2D eigenvalue weighted by Gasteiger charge is 2.27. The molecule has 0 saturated heterocycles. The zero-order valence-electron chi connectivity index (χ0n) is 19.8. The lowest BCUT2D eigenvalue weighted by Crippen LogP contribution is -2.50. The van der Waals surface area contributed by atoms with Crippen LogP contribution in [0.15, 0.2) is 73.1 Å². The fourth-order valence-electron chi connectivity index (χ4n) is 3.92. The minimum absolute atomic E-state index is 0.269. The molecule has 8 nitrogen and oxygen atoms in total. The Kier molecular flexibility index (Phi) is 10.3. The number of ether oxygens (including phenoxy) is 1. The van der Waals surface area contributed by atoms with E-state index in [4.69, 9.17) is 4.74 Å². The molecule has 3 rings (SSSR count). The van der Waals surface area contributed by atoms with Gasteiger partial charge in [-0.15, -0.1) is 0 Å². The van der Waals surface area contributed by atoms with E-state index in [1.54, 1.807) is 0 Å². The molecule has 1 aromatic heterocycles. The Morgan fingerprint density at radius 1 is 1.09 bits per heavy atom. The molecule has 8 heteroatoms. The molecule has 2 bridgehead atoms. The number of aryl methyl sites for hydroxylation is 1. The topological polar surface area (TPSA) is 110 Å². The maximum atomic E-state index is 13.2. The molecule has 186 valence electrons. The molecule has 1 unspecified atom stereocenters. The van der Waals surface area contributed by atoms with Gasteiger partial charge >= 0.3 is 5.97 Å². The molecule has 3 N–H and O–H groups in total. The van der Waals surface area contributed by atoms with Crippen molar-refractivity contribution in [3.05, 3.63) is 84.2 Å². The number of hydrogen-bond donors (Lipinski definition) is 3. The van der Waals surface area contributed by atoms with Gasteiger partial charge in [0.05, 0.1) is 19.6 Å². The van der Waals surface area contributed by atoms with Crippen molar-refractivity contribution in [2.24, 2.45) is 5.92 Å². The van der Waals surface area contributed by atoms with Gasteiger partial charge in [0.2, 0.25) is 11.8 Å². The zero-order valence-corrected chi connectivity index (χ0v) is 19.8. The summed E-state index contributed by atoms with van der Waals surface area (Å²) in [5.41, 5.74) is 1.88. The SMILES string of the molecule is O=C(O)C[C@@H](CCc1ccccc1)C(=O)NC1Cc2ccccccn(c2)CCOCCNC1=O. The van der Waals surface area contributed by atoms with Gasteiger partial charge in [-0.05, 0) is 30.0 Å². The number of amides is 2. The Hall–Kier alpha value is -3.65. The normalized spacial score (nSPS) is 17.0. The molecule has 1 aliphatic heterocycles. The minimum Gasteiger partial charge on any atom is -0.481 e. The summed E-state index contributed by atoms with van der Waals surface area (Å²) in [4.78, 5) is 37.6. The van der Waals surface area contributed by atoms with E-state index in [0.29, 0.717) is 39.1 Å². The van der Waals surface area contributed by atoms with E-state index in [9.17, 15) is 19.5 Å². The lowest BCUT2D eigenvalue weighted by Gasteiger charge is -2.22. The molecule has 0 radical (unpaired) electrons. The van der Waals surface area contributed by atoms with Gasteiger partial charge in [0.15, 0.2) is 0 Å². The molecule has 35 heavy (non-hydrogen) atoms. The molecule has 0 saturated carbocycles. The molecular weight excluding hydrogens is 446 g/mol. The van der Waals surface area contributed by atoms with Crippen LogP contribution in [0.2, 0.25) is 0 Å². The first-order valence-corrected chi connectivity index (χ1v) is 11.9. The Bertz CT molecular complexity index is 1040. The van der Waals surface area contributed by atoms with Crippen molar-refractivity contribution in [1.82, 2.24) is 15.2 Å². The van der Waals surface area contributed by atoms with Gasteiger partial charge in [-0.1, -0.05) is 54.6 Å². The second kappa shape index (κ2) is 13.9. The quantitative estimate of drug-likeness (QED) is 0.565. The number of benzene rings is 1. The number of rotatable bonds is 7. The highest BCUT2D eigenvalue weighted by molar-refractivity contribution is 5.90. The van der Waals surface area contributed by atoms with Crippen molar-refractivity contribution in [3.8, 4) is 0 Å². The standard InChI is InChI=1S/C27H33N3O5/c31-25(32)19-23(12-11-21-8-5-3-6-9-21)26(33)29-24-18-22-10-4-1-2-7-14-30(20-22)15-17-35-16-13-28-27(24)34/h1-10,14,20,23-24H,11-13,15-19H2,(H,28,34)(H,29,33)(H,31,32)/t23-,24?/m1/s1. The number of carboxylic acids is 1. The summed E-state index contributed by atoms with van der Waals surface area (Å²) in [6.07, 6.45) is 4.77. The van der Waals surface area contributed by atoms with Crippen molar-refractivity contribution in [1.29, 1.82) is 0 Å². The zero-order chi connectivity index (χ0) is 24.9. The van der Waals surface area contributed by atoms with E-state index in [1.807, 2.05) is 77.6 Å². The molecule has 2 aromatic rings. The van der Waals surface area contributed by atoms with Crippen molar-refractivity contribution in [2.75, 3.05) is 19.8 Å². The van der Waals surface area contributed by atoms with Gasteiger partial charge in [-0.25, -0.2) is 0 Å². The van der Waals surface area contributed by atoms with Gasteiger partial charge < -0.3 is 25.0 Å². The summed E-state index contributed by atoms with van der Waals surface area (Å²) >= 11 is 0. The van der Waals surface area contributed by atoms with E-state index in [-0.39, 0.29) is 18.7 Å². The molecule has 0 spiro atoms. The summed E-state index contributed by atoms with van der Waals surface area (Å²) in [5, 5.41) is 15.0. The number of aromatic nitrogens is 1. The smallest absolute Gasteiger partial charge is 0.304 e. The Labute approximate surface area is 205 Å². The Balaban J connectivity index is 1.81. The molecule has 2 amide bonds. The van der Waals surface area contributed by atoms with Crippen LogP contribution >= 0.6 is 0 Å². The monoisotopic (exact) mass is 479 g/mol. The lowest BCUT2D eigenvalue weighted by molar-refractivity contribution is -0.141. The van der Waals surface area contributed by atoms with Crippen LogP contribution in [-0.4, -0.2) is 53.3 Å². The Morgan fingerprint density at radius 2 is 1.83 bits per heavy atom.